The van der Waals surface area contributed by atoms with Crippen LogP contribution in [0.1, 0.15) is 58.3 Å². The van der Waals surface area contributed by atoms with Crippen LogP contribution in [0.2, 0.25) is 0 Å². The Hall–Kier alpha value is -14.8. The number of benzene rings is 8. The molecule has 18 N–H and O–H groups in total. The lowest BCUT2D eigenvalue weighted by atomic mass is 10.0. The van der Waals surface area contributed by atoms with E-state index in [1.165, 1.54) is 66.9 Å². The molecule has 2 aliphatic rings. The van der Waals surface area contributed by atoms with E-state index in [0.717, 1.165) is 162 Å². The first-order valence-electron chi connectivity index (χ1n) is 39.0. The van der Waals surface area contributed by atoms with Crippen LogP contribution in [0.4, 0.5) is 65.9 Å². The van der Waals surface area contributed by atoms with E-state index in [0.29, 0.717) is 17.6 Å². The second-order valence-electron chi connectivity index (χ2n) is 28.8. The second kappa shape index (κ2) is 48.6. The minimum atomic E-state index is -5.08. The van der Waals surface area contributed by atoms with Crippen molar-refractivity contribution in [3.63, 3.8) is 0 Å². The first-order valence-corrected chi connectivity index (χ1v) is 39.0. The van der Waals surface area contributed by atoms with Crippen LogP contribution < -0.4 is 27.0 Å². The fourth-order valence-electron chi connectivity index (χ4n) is 11.7. The maximum atomic E-state index is 11.4. The molecule has 2 aliphatic carbocycles. The highest BCUT2D eigenvalue weighted by molar-refractivity contribution is 6.02. The molecule has 718 valence electrons. The lowest BCUT2D eigenvalue weighted by Crippen LogP contribution is -2.26. The molecule has 17 rings (SSSR count). The molecule has 0 bridgehead atoms. The van der Waals surface area contributed by atoms with Crippen molar-refractivity contribution >= 4 is 104 Å². The number of hydrogen-bond acceptors (Lipinski definition) is 21. The van der Waals surface area contributed by atoms with Crippen LogP contribution >= 0.6 is 24.8 Å². The van der Waals surface area contributed by atoms with E-state index in [1.807, 2.05) is 61.6 Å². The number of fused-ring (bicyclic) bond motifs is 4. The molecular weight excluding hydrogens is 1860 g/mol. The molecule has 2 fully saturated rings. The number of nitrogens with one attached hydrogen (secondary N) is 11. The number of carbonyl (C=O) groups excluding carboxylic acids is 1. The Morgan fingerprint density at radius 2 is 0.637 bits per heavy atom. The number of hydrogen-bond donors (Lipinski definition) is 17. The number of likely N-dealkylation sites (N-methyl/N-ethyl adjacent to an activating group) is 1. The molecule has 15 aromatic rings. The van der Waals surface area contributed by atoms with E-state index in [4.69, 9.17) is 55.2 Å². The molecule has 7 heterocycles. The Balaban J connectivity index is 0.000000219. The van der Waals surface area contributed by atoms with Crippen LogP contribution in [-0.2, 0) is 50.2 Å². The van der Waals surface area contributed by atoms with E-state index in [1.54, 1.807) is 12.1 Å². The van der Waals surface area contributed by atoms with Crippen molar-refractivity contribution in [3.05, 3.63) is 217 Å². The smallest absolute Gasteiger partial charge is 0.475 e. The van der Waals surface area contributed by atoms with E-state index in [2.05, 4.69) is 230 Å². The molecule has 0 spiro atoms. The van der Waals surface area contributed by atoms with Crippen LogP contribution in [0.15, 0.2) is 189 Å². The zero-order valence-corrected chi connectivity index (χ0v) is 71.9. The van der Waals surface area contributed by atoms with Gasteiger partial charge in [0, 0.05) is 117 Å². The number of aliphatic carboxylic acids is 5. The summed E-state index contributed by atoms with van der Waals surface area (Å²) in [4.78, 5) is 70.7. The summed E-state index contributed by atoms with van der Waals surface area (Å²) in [7, 11) is 6.11. The Morgan fingerprint density at radius 1 is 0.370 bits per heavy atom. The monoisotopic (exact) mass is 1940 g/mol. The van der Waals surface area contributed by atoms with Crippen molar-refractivity contribution < 1.29 is 120 Å². The van der Waals surface area contributed by atoms with Gasteiger partial charge in [0.15, 0.2) is 17.5 Å². The molecule has 0 aliphatic heterocycles. The van der Waals surface area contributed by atoms with Crippen LogP contribution in [-0.4, -0.2) is 230 Å². The molecule has 135 heavy (non-hydrogen) atoms. The second-order valence-corrected chi connectivity index (χ2v) is 28.8. The van der Waals surface area contributed by atoms with E-state index >= 15 is 0 Å². The lowest BCUT2D eigenvalue weighted by Gasteiger charge is -2.10. The number of carboxylic acid groups (broad SMARTS) is 5. The predicted molar refractivity (Wildman–Crippen MR) is 466 cm³/mol. The minimum Gasteiger partial charge on any atom is -0.475 e. The van der Waals surface area contributed by atoms with Crippen molar-refractivity contribution in [1.82, 2.24) is 113 Å². The number of rotatable bonds is 21. The predicted octanol–water partition coefficient (Wildman–Crippen LogP) is 15.3. The van der Waals surface area contributed by atoms with Crippen molar-refractivity contribution in [1.29, 1.82) is 0 Å². The molecule has 51 heteroatoms. The molecule has 1 amide bonds. The summed E-state index contributed by atoms with van der Waals surface area (Å²) in [5, 5.41) is 104. The molecule has 0 saturated heterocycles. The number of amides is 1. The highest BCUT2D eigenvalue weighted by Crippen LogP contribution is 2.35. The quantitative estimate of drug-likeness (QED) is 0.0235. The number of primary amides is 1. The number of aromatic nitrogens is 17. The number of aromatic amines is 7. The third kappa shape index (κ3) is 33.2. The van der Waals surface area contributed by atoms with Crippen LogP contribution in [0.25, 0.3) is 123 Å². The summed E-state index contributed by atoms with van der Waals surface area (Å²) in [6, 6.07) is 58.9. The third-order valence-corrected chi connectivity index (χ3v) is 18.4. The van der Waals surface area contributed by atoms with Gasteiger partial charge in [-0.2, -0.15) is 102 Å². The third-order valence-electron chi connectivity index (χ3n) is 18.4. The molecule has 0 atom stereocenters. The molecule has 0 unspecified atom stereocenters. The van der Waals surface area contributed by atoms with Crippen molar-refractivity contribution in [2.45, 2.75) is 94.8 Å². The van der Waals surface area contributed by atoms with Gasteiger partial charge in [-0.1, -0.05) is 72.8 Å². The number of carbonyl (C=O) groups is 6. The van der Waals surface area contributed by atoms with Crippen LogP contribution in [0.5, 0.6) is 0 Å². The normalized spacial score (nSPS) is 12.2. The zero-order valence-electron chi connectivity index (χ0n) is 70.3. The van der Waals surface area contributed by atoms with Crippen molar-refractivity contribution in [3.8, 4) is 79.2 Å². The first-order chi connectivity index (χ1) is 62.8. The Morgan fingerprint density at radius 3 is 0.881 bits per heavy atom. The van der Waals surface area contributed by atoms with Crippen LogP contribution in [0, 0.1) is 0 Å². The Kier molecular flexibility index (Phi) is 38.6. The van der Waals surface area contributed by atoms with E-state index < -0.39 is 66.6 Å². The lowest BCUT2D eigenvalue weighted by molar-refractivity contribution is -0.193. The average molecular weight is 1950 g/mol. The summed E-state index contributed by atoms with van der Waals surface area (Å²) < 4.78 is 159. The number of alkyl halides is 15. The summed E-state index contributed by atoms with van der Waals surface area (Å²) in [6.07, 6.45) is -15.7. The number of H-pyrrole nitrogens is 7. The summed E-state index contributed by atoms with van der Waals surface area (Å²) in [6.45, 7) is 5.43. The fourth-order valence-corrected chi connectivity index (χ4v) is 11.7. The first kappa shape index (κ1) is 107. The topological polar surface area (TPSA) is 520 Å². The molecule has 34 nitrogen and oxygen atoms in total. The minimum absolute atomic E-state index is 0. The van der Waals surface area contributed by atoms with E-state index in [-0.39, 0.29) is 24.8 Å². The largest absolute Gasteiger partial charge is 0.490 e. The summed E-state index contributed by atoms with van der Waals surface area (Å²) in [5.41, 5.74) is 25.8. The molecule has 8 aromatic carbocycles. The standard InChI is InChI=1S/C20H23N7.C19H18N6.C18H18N4O.C17H16N6.5C2HF3O2.2ClH/c1-27(2)9-8-21-12-14-4-3-5-15(10-14)19-17-11-16(20-22-13-23-26-20)6-7-18(17)24-25-19;1-2-12(10-20-15-5-6-15)8-13(3-1)18-16-9-14(19-21-11-22-25-19)4-7-17(16)23-24-18;19-18(23)13-4-7-16-15(9-13)17(22-21-16)12-3-1-2-11(8-12)10-20-14-5-6-14;1-18-9-11-3-2-4-12(7-11)16-14-8-13(17-19-10-20-23-17)5-6-15(14)21-22-16;5*3-2(4,5)1(6)7;;/h3-7,10-11,13,21H,8-9,12H2,1-2H3,(H,24,25)(H,22,23,26);1-4,7-9,11,15,20H,5-6,10H2,(H,23,24)(H,21,22,25);1-4,7-9,14,20H,5-6,10H2,(H2,19,23)(H,21,22);2-8,10,18H,9H2,1H3,(H,21,22)(H,19,20,23);5*(H,6,7);2*1H. The summed E-state index contributed by atoms with van der Waals surface area (Å²) >= 11 is 0. The fraction of sp³-hybridized carbons (Fsp3) is 0.238. The number of halogens is 17. The Labute approximate surface area is 764 Å². The average Bonchev–Trinajstić information content (AvgIpc) is 1.66. The van der Waals surface area contributed by atoms with Gasteiger partial charge in [-0.3, -0.25) is 40.5 Å². The van der Waals surface area contributed by atoms with Crippen LogP contribution in [0.3, 0.4) is 0 Å². The van der Waals surface area contributed by atoms with Gasteiger partial charge >= 0.3 is 60.7 Å². The van der Waals surface area contributed by atoms with Gasteiger partial charge in [-0.15, -0.1) is 24.8 Å². The number of nitrogens with two attached hydrogens (primary N) is 1. The van der Waals surface area contributed by atoms with Gasteiger partial charge in [0.1, 0.15) is 19.0 Å². The van der Waals surface area contributed by atoms with Crippen molar-refractivity contribution in [2.75, 3.05) is 34.2 Å². The highest BCUT2D eigenvalue weighted by Gasteiger charge is 2.41. The van der Waals surface area contributed by atoms with E-state index in [9.17, 15) is 70.7 Å². The maximum absolute atomic E-state index is 11.4. The molecule has 7 aromatic heterocycles. The molecule has 2 saturated carbocycles. The molecular formula is C84H82Cl2F15N23O11. The molecule has 0 radical (unpaired) electrons. The zero-order chi connectivity index (χ0) is 97.1. The highest BCUT2D eigenvalue weighted by atomic mass is 35.5. The van der Waals surface area contributed by atoms with Crippen molar-refractivity contribution in [2.24, 2.45) is 5.73 Å². The van der Waals surface area contributed by atoms with Gasteiger partial charge < -0.3 is 57.4 Å². The summed E-state index contributed by atoms with van der Waals surface area (Å²) in [5.74, 6) is -11.9. The SMILES string of the molecule is CN(C)CCNCc1cccc(-c2n[nH]c3ccc(-c4ncn[nH]4)cc23)c1.CNCc1cccc(-c2n[nH]c3ccc(-c4ncn[nH]4)cc23)c1.Cl.Cl.NC(=O)c1ccc2[nH]nc(-c3cccc(CNC4CC4)c3)c2c1.O=C(O)C(F)(F)F.O=C(O)C(F)(F)F.O=C(O)C(F)(F)F.O=C(O)C(F)(F)F.O=C(O)C(F)(F)F.c1cc(CNC2CC2)cc(-c2n[nH]c3ccc(-c4ncn[nH]4)cc23)c1. The maximum Gasteiger partial charge on any atom is 0.490 e. The van der Waals surface area contributed by atoms with Gasteiger partial charge in [-0.25, -0.2) is 38.9 Å². The van der Waals surface area contributed by atoms with Gasteiger partial charge in [-0.05, 0) is 166 Å². The number of nitrogens with zero attached hydrogens (tertiary/aromatic N) is 11. The van der Waals surface area contributed by atoms with Gasteiger partial charge in [0.05, 0.1) is 44.8 Å². The van der Waals surface area contributed by atoms with Gasteiger partial charge in [0.25, 0.3) is 0 Å². The van der Waals surface area contributed by atoms with Gasteiger partial charge in [0.2, 0.25) is 5.91 Å². The Bertz CT molecular complexity index is 6240. The number of carboxylic acids is 5.